The van der Waals surface area contributed by atoms with Gasteiger partial charge in [0.05, 0.1) is 0 Å². The molecule has 0 unspecified atom stereocenters. The standard InChI is InChI=1S/C13H16O/c1-8(2)12-7-11-5-9(3)10(4)6-13(11)14-12/h5-8H,1-4H3. The van der Waals surface area contributed by atoms with E-state index < -0.39 is 0 Å². The molecule has 14 heavy (non-hydrogen) atoms. The van der Waals surface area contributed by atoms with Crippen LogP contribution in [0.15, 0.2) is 22.6 Å². The van der Waals surface area contributed by atoms with E-state index in [2.05, 4.69) is 45.9 Å². The molecular formula is C13H16O. The van der Waals surface area contributed by atoms with Crippen LogP contribution >= 0.6 is 0 Å². The second-order valence-corrected chi connectivity index (χ2v) is 4.28. The van der Waals surface area contributed by atoms with Crippen LogP contribution in [-0.4, -0.2) is 0 Å². The first kappa shape index (κ1) is 9.32. The normalized spacial score (nSPS) is 11.5. The van der Waals surface area contributed by atoms with Gasteiger partial charge >= 0.3 is 0 Å². The quantitative estimate of drug-likeness (QED) is 0.654. The number of fused-ring (bicyclic) bond motifs is 1. The van der Waals surface area contributed by atoms with E-state index in [1.165, 1.54) is 16.5 Å². The molecule has 0 spiro atoms. The lowest BCUT2D eigenvalue weighted by Gasteiger charge is -1.98. The van der Waals surface area contributed by atoms with Gasteiger partial charge in [-0.15, -0.1) is 0 Å². The summed E-state index contributed by atoms with van der Waals surface area (Å²) in [5, 5.41) is 1.22. The lowest BCUT2D eigenvalue weighted by Crippen LogP contribution is -1.79. The smallest absolute Gasteiger partial charge is 0.134 e. The zero-order chi connectivity index (χ0) is 10.3. The summed E-state index contributed by atoms with van der Waals surface area (Å²) in [5.41, 5.74) is 3.63. The summed E-state index contributed by atoms with van der Waals surface area (Å²) in [6.45, 7) is 8.55. The Morgan fingerprint density at radius 2 is 1.64 bits per heavy atom. The molecule has 0 atom stereocenters. The van der Waals surface area contributed by atoms with Crippen molar-refractivity contribution in [3.63, 3.8) is 0 Å². The fourth-order valence-electron chi connectivity index (χ4n) is 1.61. The Morgan fingerprint density at radius 3 is 2.29 bits per heavy atom. The molecule has 0 aliphatic heterocycles. The Kier molecular flexibility index (Phi) is 2.10. The molecule has 1 heteroatoms. The second kappa shape index (κ2) is 3.16. The topological polar surface area (TPSA) is 13.1 Å². The zero-order valence-electron chi connectivity index (χ0n) is 9.22. The lowest BCUT2D eigenvalue weighted by molar-refractivity contribution is 0.521. The first-order valence-corrected chi connectivity index (χ1v) is 5.08. The van der Waals surface area contributed by atoms with Gasteiger partial charge in [-0.25, -0.2) is 0 Å². The highest BCUT2D eigenvalue weighted by Crippen LogP contribution is 2.26. The highest BCUT2D eigenvalue weighted by Gasteiger charge is 2.07. The summed E-state index contributed by atoms with van der Waals surface area (Å²) in [5.74, 6) is 1.54. The van der Waals surface area contributed by atoms with E-state index in [-0.39, 0.29) is 0 Å². The Bertz CT molecular complexity index is 424. The van der Waals surface area contributed by atoms with Gasteiger partial charge in [0.15, 0.2) is 0 Å². The molecule has 2 aromatic rings. The Labute approximate surface area is 84.7 Å². The van der Waals surface area contributed by atoms with Gasteiger partial charge < -0.3 is 4.42 Å². The molecule has 0 amide bonds. The second-order valence-electron chi connectivity index (χ2n) is 4.28. The van der Waals surface area contributed by atoms with Crippen LogP contribution in [0.25, 0.3) is 11.0 Å². The largest absolute Gasteiger partial charge is 0.461 e. The molecule has 1 aromatic heterocycles. The van der Waals surface area contributed by atoms with Gasteiger partial charge in [0.2, 0.25) is 0 Å². The average molecular weight is 188 g/mol. The predicted octanol–water partition coefficient (Wildman–Crippen LogP) is 4.17. The zero-order valence-corrected chi connectivity index (χ0v) is 9.22. The van der Waals surface area contributed by atoms with Gasteiger partial charge in [-0.2, -0.15) is 0 Å². The van der Waals surface area contributed by atoms with Gasteiger partial charge in [0.1, 0.15) is 11.3 Å². The molecule has 0 bridgehead atoms. The van der Waals surface area contributed by atoms with Crippen LogP contribution in [0.5, 0.6) is 0 Å². The number of rotatable bonds is 1. The third-order valence-electron chi connectivity index (χ3n) is 2.72. The summed E-state index contributed by atoms with van der Waals surface area (Å²) in [4.78, 5) is 0. The van der Waals surface area contributed by atoms with Gasteiger partial charge in [-0.3, -0.25) is 0 Å². The summed E-state index contributed by atoms with van der Waals surface area (Å²) >= 11 is 0. The first-order chi connectivity index (χ1) is 6.58. The molecule has 0 saturated heterocycles. The molecule has 74 valence electrons. The Balaban J connectivity index is 2.66. The highest BCUT2D eigenvalue weighted by molar-refractivity contribution is 5.79. The number of furan rings is 1. The van der Waals surface area contributed by atoms with E-state index in [4.69, 9.17) is 4.42 Å². The van der Waals surface area contributed by atoms with Crippen LogP contribution < -0.4 is 0 Å². The number of benzene rings is 1. The molecule has 1 heterocycles. The number of hydrogen-bond acceptors (Lipinski definition) is 1. The van der Waals surface area contributed by atoms with Gasteiger partial charge in [0.25, 0.3) is 0 Å². The third kappa shape index (κ3) is 1.43. The van der Waals surface area contributed by atoms with E-state index in [0.29, 0.717) is 5.92 Å². The monoisotopic (exact) mass is 188 g/mol. The van der Waals surface area contributed by atoms with Crippen LogP contribution in [0.2, 0.25) is 0 Å². The van der Waals surface area contributed by atoms with Gasteiger partial charge in [0, 0.05) is 11.3 Å². The fourth-order valence-corrected chi connectivity index (χ4v) is 1.61. The summed E-state index contributed by atoms with van der Waals surface area (Å²) in [6.07, 6.45) is 0. The number of hydrogen-bond donors (Lipinski definition) is 0. The van der Waals surface area contributed by atoms with E-state index >= 15 is 0 Å². The van der Waals surface area contributed by atoms with Crippen molar-refractivity contribution < 1.29 is 4.42 Å². The Morgan fingerprint density at radius 1 is 1.00 bits per heavy atom. The van der Waals surface area contributed by atoms with E-state index in [9.17, 15) is 0 Å². The SMILES string of the molecule is Cc1cc2cc(C(C)C)oc2cc1C. The van der Waals surface area contributed by atoms with Crippen molar-refractivity contribution in [2.45, 2.75) is 33.6 Å². The molecule has 0 aliphatic carbocycles. The van der Waals surface area contributed by atoms with Gasteiger partial charge in [-0.05, 0) is 43.2 Å². The van der Waals surface area contributed by atoms with Crippen LogP contribution in [0.1, 0.15) is 36.7 Å². The van der Waals surface area contributed by atoms with E-state index in [1.54, 1.807) is 0 Å². The molecule has 2 rings (SSSR count). The van der Waals surface area contributed by atoms with Crippen molar-refractivity contribution in [1.82, 2.24) is 0 Å². The minimum absolute atomic E-state index is 0.461. The number of aryl methyl sites for hydroxylation is 2. The molecule has 1 aromatic carbocycles. The lowest BCUT2D eigenvalue weighted by atomic mass is 10.1. The summed E-state index contributed by atoms with van der Waals surface area (Å²) < 4.78 is 5.77. The van der Waals surface area contributed by atoms with Crippen LogP contribution in [0.4, 0.5) is 0 Å². The van der Waals surface area contributed by atoms with Gasteiger partial charge in [-0.1, -0.05) is 13.8 Å². The molecule has 1 nitrogen and oxygen atoms in total. The van der Waals surface area contributed by atoms with Crippen molar-refractivity contribution in [2.24, 2.45) is 0 Å². The van der Waals surface area contributed by atoms with Crippen molar-refractivity contribution in [1.29, 1.82) is 0 Å². The highest BCUT2D eigenvalue weighted by atomic mass is 16.3. The first-order valence-electron chi connectivity index (χ1n) is 5.08. The molecular weight excluding hydrogens is 172 g/mol. The van der Waals surface area contributed by atoms with E-state index in [1.807, 2.05) is 0 Å². The maximum absolute atomic E-state index is 5.77. The molecule has 0 aliphatic rings. The third-order valence-corrected chi connectivity index (χ3v) is 2.72. The van der Waals surface area contributed by atoms with Crippen LogP contribution in [0, 0.1) is 13.8 Å². The summed E-state index contributed by atoms with van der Waals surface area (Å²) in [6, 6.07) is 6.46. The Hall–Kier alpha value is -1.24. The van der Waals surface area contributed by atoms with Crippen LogP contribution in [-0.2, 0) is 0 Å². The molecule has 0 saturated carbocycles. The van der Waals surface area contributed by atoms with E-state index in [0.717, 1.165) is 11.3 Å². The minimum atomic E-state index is 0.461. The van der Waals surface area contributed by atoms with Crippen LogP contribution in [0.3, 0.4) is 0 Å². The maximum atomic E-state index is 5.77. The molecule has 0 radical (unpaired) electrons. The fraction of sp³-hybridized carbons (Fsp3) is 0.385. The summed E-state index contributed by atoms with van der Waals surface area (Å²) in [7, 11) is 0. The maximum Gasteiger partial charge on any atom is 0.134 e. The van der Waals surface area contributed by atoms with Crippen molar-refractivity contribution in [3.8, 4) is 0 Å². The predicted molar refractivity (Wildman–Crippen MR) is 59.8 cm³/mol. The molecule has 0 N–H and O–H groups in total. The van der Waals surface area contributed by atoms with Crippen molar-refractivity contribution in [2.75, 3.05) is 0 Å². The average Bonchev–Trinajstić information content (AvgIpc) is 2.48. The van der Waals surface area contributed by atoms with Crippen molar-refractivity contribution in [3.05, 3.63) is 35.1 Å². The minimum Gasteiger partial charge on any atom is -0.461 e. The van der Waals surface area contributed by atoms with Crippen molar-refractivity contribution >= 4 is 11.0 Å². The molecule has 0 fully saturated rings.